The Hall–Kier alpha value is -1.64. The number of hydrogen-bond acceptors (Lipinski definition) is 2. The predicted molar refractivity (Wildman–Crippen MR) is 90.5 cm³/mol. The summed E-state index contributed by atoms with van der Waals surface area (Å²) in [4.78, 5) is 2.63. The molecule has 1 saturated heterocycles. The zero-order chi connectivity index (χ0) is 14.8. The SMILES string of the molecule is c1ccc(CN[C@@H]2CN(Cc3ccccc3)CC23CC3)cc1. The average Bonchev–Trinajstić information content (AvgIpc) is 3.25. The standard InChI is InChI=1S/C20H24N2/c1-3-7-17(8-4-1)13-21-19-15-22(16-20(19)11-12-20)14-18-9-5-2-6-10-18/h1-10,19,21H,11-16H2/t19-/m1/s1. The summed E-state index contributed by atoms with van der Waals surface area (Å²) in [5, 5.41) is 3.82. The van der Waals surface area contributed by atoms with Gasteiger partial charge in [-0.3, -0.25) is 4.90 Å². The van der Waals surface area contributed by atoms with Gasteiger partial charge >= 0.3 is 0 Å². The number of nitrogens with one attached hydrogen (secondary N) is 1. The Labute approximate surface area is 133 Å². The smallest absolute Gasteiger partial charge is 0.0266 e. The first-order valence-corrected chi connectivity index (χ1v) is 8.38. The van der Waals surface area contributed by atoms with Gasteiger partial charge in [-0.05, 0) is 29.4 Å². The van der Waals surface area contributed by atoms with Gasteiger partial charge in [0.15, 0.2) is 0 Å². The molecule has 1 spiro atoms. The molecule has 0 aromatic heterocycles. The fourth-order valence-corrected chi connectivity index (χ4v) is 3.82. The molecule has 1 saturated carbocycles. The van der Waals surface area contributed by atoms with Crippen LogP contribution in [0.15, 0.2) is 60.7 Å². The Bertz CT molecular complexity index is 604. The van der Waals surface area contributed by atoms with Crippen LogP contribution in [0.3, 0.4) is 0 Å². The molecule has 2 heteroatoms. The lowest BCUT2D eigenvalue weighted by Crippen LogP contribution is -2.36. The van der Waals surface area contributed by atoms with Gasteiger partial charge < -0.3 is 5.32 Å². The number of likely N-dealkylation sites (tertiary alicyclic amines) is 1. The highest BCUT2D eigenvalue weighted by molar-refractivity contribution is 5.18. The van der Waals surface area contributed by atoms with Crippen LogP contribution in [0.4, 0.5) is 0 Å². The third-order valence-corrected chi connectivity index (χ3v) is 5.26. The molecular weight excluding hydrogens is 268 g/mol. The Balaban J connectivity index is 1.37. The zero-order valence-corrected chi connectivity index (χ0v) is 13.0. The zero-order valence-electron chi connectivity index (χ0n) is 13.0. The van der Waals surface area contributed by atoms with Gasteiger partial charge in [0.2, 0.25) is 0 Å². The lowest BCUT2D eigenvalue weighted by atomic mass is 10.0. The predicted octanol–water partition coefficient (Wildman–Crippen LogP) is 3.44. The molecule has 1 atom stereocenters. The summed E-state index contributed by atoms with van der Waals surface area (Å²) >= 11 is 0. The number of nitrogens with zero attached hydrogens (tertiary/aromatic N) is 1. The van der Waals surface area contributed by atoms with E-state index < -0.39 is 0 Å². The van der Waals surface area contributed by atoms with Crippen molar-refractivity contribution in [2.24, 2.45) is 5.41 Å². The summed E-state index contributed by atoms with van der Waals surface area (Å²) in [5.41, 5.74) is 3.38. The van der Waals surface area contributed by atoms with Crippen LogP contribution in [-0.2, 0) is 13.1 Å². The highest BCUT2D eigenvalue weighted by Gasteiger charge is 2.54. The highest BCUT2D eigenvalue weighted by atomic mass is 15.2. The second-order valence-electron chi connectivity index (χ2n) is 6.94. The maximum absolute atomic E-state index is 3.82. The molecule has 1 heterocycles. The molecule has 4 rings (SSSR count). The molecule has 2 aliphatic rings. The maximum atomic E-state index is 3.82. The normalized spacial score (nSPS) is 23.0. The van der Waals surface area contributed by atoms with E-state index in [0.717, 1.165) is 13.1 Å². The minimum Gasteiger partial charge on any atom is -0.308 e. The lowest BCUT2D eigenvalue weighted by Gasteiger charge is -2.19. The van der Waals surface area contributed by atoms with Crippen molar-refractivity contribution < 1.29 is 0 Å². The molecule has 0 unspecified atom stereocenters. The first kappa shape index (κ1) is 14.0. The van der Waals surface area contributed by atoms with E-state index in [2.05, 4.69) is 70.9 Å². The topological polar surface area (TPSA) is 15.3 Å². The molecule has 1 aliphatic heterocycles. The van der Waals surface area contributed by atoms with Crippen molar-refractivity contribution in [2.45, 2.75) is 32.0 Å². The van der Waals surface area contributed by atoms with Crippen LogP contribution in [-0.4, -0.2) is 24.0 Å². The van der Waals surface area contributed by atoms with E-state index in [1.165, 1.54) is 37.1 Å². The molecule has 1 N–H and O–H groups in total. The molecule has 2 aromatic rings. The summed E-state index contributed by atoms with van der Waals surface area (Å²) in [6, 6.07) is 22.3. The monoisotopic (exact) mass is 292 g/mol. The van der Waals surface area contributed by atoms with Crippen molar-refractivity contribution >= 4 is 0 Å². The summed E-state index contributed by atoms with van der Waals surface area (Å²) in [6.45, 7) is 4.52. The fraction of sp³-hybridized carbons (Fsp3) is 0.400. The second kappa shape index (κ2) is 5.86. The minimum absolute atomic E-state index is 0.559. The fourth-order valence-electron chi connectivity index (χ4n) is 3.82. The molecule has 2 aromatic carbocycles. The van der Waals surface area contributed by atoms with Crippen molar-refractivity contribution in [1.29, 1.82) is 0 Å². The van der Waals surface area contributed by atoms with Crippen LogP contribution in [0.5, 0.6) is 0 Å². The number of benzene rings is 2. The summed E-state index contributed by atoms with van der Waals surface area (Å²) in [7, 11) is 0. The minimum atomic E-state index is 0.559. The average molecular weight is 292 g/mol. The molecular formula is C20H24N2. The second-order valence-corrected chi connectivity index (χ2v) is 6.94. The van der Waals surface area contributed by atoms with Gasteiger partial charge in [0.25, 0.3) is 0 Å². The molecule has 2 fully saturated rings. The van der Waals surface area contributed by atoms with Gasteiger partial charge in [0.05, 0.1) is 0 Å². The quantitative estimate of drug-likeness (QED) is 0.908. The van der Waals surface area contributed by atoms with Crippen LogP contribution < -0.4 is 5.32 Å². The van der Waals surface area contributed by atoms with Crippen molar-refractivity contribution in [1.82, 2.24) is 10.2 Å². The van der Waals surface area contributed by atoms with Crippen LogP contribution in [0, 0.1) is 5.41 Å². The van der Waals surface area contributed by atoms with Crippen LogP contribution in [0.1, 0.15) is 24.0 Å². The van der Waals surface area contributed by atoms with E-state index in [9.17, 15) is 0 Å². The van der Waals surface area contributed by atoms with Gasteiger partial charge in [-0.15, -0.1) is 0 Å². The highest BCUT2D eigenvalue weighted by Crippen LogP contribution is 2.53. The number of hydrogen-bond donors (Lipinski definition) is 1. The van der Waals surface area contributed by atoms with Crippen LogP contribution in [0.2, 0.25) is 0 Å². The van der Waals surface area contributed by atoms with Gasteiger partial charge in [-0.2, -0.15) is 0 Å². The molecule has 22 heavy (non-hydrogen) atoms. The Kier molecular flexibility index (Phi) is 3.73. The first-order chi connectivity index (χ1) is 10.8. The van der Waals surface area contributed by atoms with E-state index in [4.69, 9.17) is 0 Å². The third kappa shape index (κ3) is 2.94. The Morgan fingerprint density at radius 1 is 0.909 bits per heavy atom. The van der Waals surface area contributed by atoms with Gasteiger partial charge in [0, 0.05) is 32.2 Å². The van der Waals surface area contributed by atoms with Gasteiger partial charge in [0.1, 0.15) is 0 Å². The van der Waals surface area contributed by atoms with E-state index >= 15 is 0 Å². The lowest BCUT2D eigenvalue weighted by molar-refractivity contribution is 0.311. The van der Waals surface area contributed by atoms with Crippen molar-refractivity contribution in [3.8, 4) is 0 Å². The first-order valence-electron chi connectivity index (χ1n) is 8.38. The van der Waals surface area contributed by atoms with Crippen LogP contribution in [0.25, 0.3) is 0 Å². The molecule has 1 aliphatic carbocycles. The molecule has 0 radical (unpaired) electrons. The molecule has 0 amide bonds. The third-order valence-electron chi connectivity index (χ3n) is 5.26. The molecule has 2 nitrogen and oxygen atoms in total. The van der Waals surface area contributed by atoms with E-state index in [-0.39, 0.29) is 0 Å². The Morgan fingerprint density at radius 2 is 1.55 bits per heavy atom. The van der Waals surface area contributed by atoms with Gasteiger partial charge in [-0.1, -0.05) is 60.7 Å². The summed E-state index contributed by atoms with van der Waals surface area (Å²) in [5.74, 6) is 0. The molecule has 114 valence electrons. The van der Waals surface area contributed by atoms with Crippen molar-refractivity contribution in [3.05, 3.63) is 71.8 Å². The van der Waals surface area contributed by atoms with Crippen molar-refractivity contribution in [2.75, 3.05) is 13.1 Å². The van der Waals surface area contributed by atoms with E-state index in [1.807, 2.05) is 0 Å². The number of rotatable bonds is 5. The van der Waals surface area contributed by atoms with E-state index in [0.29, 0.717) is 11.5 Å². The van der Waals surface area contributed by atoms with Crippen LogP contribution >= 0.6 is 0 Å². The summed E-state index contributed by atoms with van der Waals surface area (Å²) < 4.78 is 0. The summed E-state index contributed by atoms with van der Waals surface area (Å²) in [6.07, 6.45) is 2.79. The maximum Gasteiger partial charge on any atom is 0.0266 e. The largest absolute Gasteiger partial charge is 0.308 e. The Morgan fingerprint density at radius 3 is 2.18 bits per heavy atom. The van der Waals surface area contributed by atoms with Gasteiger partial charge in [-0.25, -0.2) is 0 Å². The molecule has 0 bridgehead atoms. The van der Waals surface area contributed by atoms with Crippen molar-refractivity contribution in [3.63, 3.8) is 0 Å². The van der Waals surface area contributed by atoms with E-state index in [1.54, 1.807) is 0 Å².